The van der Waals surface area contributed by atoms with Crippen LogP contribution in [0.15, 0.2) is 175 Å². The van der Waals surface area contributed by atoms with Crippen molar-refractivity contribution in [3.05, 3.63) is 209 Å². The summed E-state index contributed by atoms with van der Waals surface area (Å²) >= 11 is 0. The molecule has 0 saturated carbocycles. The number of furan rings is 1. The number of benzene rings is 5. The van der Waals surface area contributed by atoms with E-state index in [1.165, 1.54) is 54.9 Å². The Morgan fingerprint density at radius 1 is 0.509 bits per heavy atom. The molecule has 0 fully saturated rings. The van der Waals surface area contributed by atoms with Crippen molar-refractivity contribution in [2.24, 2.45) is 0 Å². The van der Waals surface area contributed by atoms with Crippen LogP contribution in [0.4, 0.5) is 0 Å². The Morgan fingerprint density at radius 3 is 1.47 bits per heavy atom. The predicted molar refractivity (Wildman–Crippen MR) is 230 cm³/mol. The first-order valence-corrected chi connectivity index (χ1v) is 18.1. The molecule has 5 aromatic carbocycles. The van der Waals surface area contributed by atoms with Crippen LogP contribution in [0.1, 0.15) is 58.1 Å². The molecule has 0 aliphatic rings. The van der Waals surface area contributed by atoms with Crippen LogP contribution in [0.25, 0.3) is 55.7 Å². The van der Waals surface area contributed by atoms with Gasteiger partial charge in [-0.15, -0.1) is 0 Å². The molecule has 4 aromatic heterocycles. The summed E-state index contributed by atoms with van der Waals surface area (Å²) in [6.45, 7) is 0. The maximum atomic E-state index is 9.59. The molecule has 0 radical (unpaired) electrons. The number of hydrogen-bond acceptors (Lipinski definition) is 5. The Morgan fingerprint density at radius 2 is 1.00 bits per heavy atom. The van der Waals surface area contributed by atoms with Gasteiger partial charge < -0.3 is 4.42 Å². The lowest BCUT2D eigenvalue weighted by Crippen LogP contribution is -2.00. The minimum Gasteiger partial charge on any atom is -0.455 e. The molecule has 57 heavy (non-hydrogen) atoms. The van der Waals surface area contributed by atoms with Crippen LogP contribution in [-0.2, 0) is 38.2 Å². The molecular weight excluding hydrogens is 697 g/mol. The number of aromatic nitrogens is 3. The van der Waals surface area contributed by atoms with Gasteiger partial charge in [0.2, 0.25) is 0 Å². The third kappa shape index (κ3) is 8.12. The van der Waals surface area contributed by atoms with Gasteiger partial charge in [0.25, 0.3) is 0 Å². The summed E-state index contributed by atoms with van der Waals surface area (Å²) in [5.74, 6) is 0. The maximum Gasteiger partial charge on any atom is 0.144 e. The molecule has 9 aromatic rings. The van der Waals surface area contributed by atoms with E-state index in [0.717, 1.165) is 35.5 Å². The van der Waals surface area contributed by atoms with Gasteiger partial charge in [0.15, 0.2) is 0 Å². The van der Waals surface area contributed by atoms with Crippen molar-refractivity contribution >= 4 is 21.9 Å². The van der Waals surface area contributed by atoms with Crippen molar-refractivity contribution in [2.75, 3.05) is 0 Å². The molecule has 0 atom stereocenters. The molecule has 0 aliphatic carbocycles. The molecule has 0 aliphatic heterocycles. The molecule has 9 rings (SSSR count). The number of para-hydroxylation sites is 1. The zero-order valence-corrected chi connectivity index (χ0v) is 30.2. The quantitative estimate of drug-likeness (QED) is 0.124. The first kappa shape index (κ1) is 23.0. The molecular formula is C52H40N4O. The largest absolute Gasteiger partial charge is 0.455 e. The normalized spacial score (nSPS) is 16.3. The van der Waals surface area contributed by atoms with Gasteiger partial charge in [-0.3, -0.25) is 15.0 Å². The molecule has 0 spiro atoms. The summed E-state index contributed by atoms with van der Waals surface area (Å²) in [6, 6.07) is 37.4. The number of nitriles is 1. The van der Waals surface area contributed by atoms with E-state index in [4.69, 9.17) is 7.16 Å². The highest BCUT2D eigenvalue weighted by Gasteiger charge is 2.14. The smallest absolute Gasteiger partial charge is 0.144 e. The van der Waals surface area contributed by atoms with Crippen LogP contribution in [-0.4, -0.2) is 15.0 Å². The van der Waals surface area contributed by atoms with Gasteiger partial charge in [0.1, 0.15) is 11.2 Å². The van der Waals surface area contributed by atoms with Crippen molar-refractivity contribution in [2.45, 2.75) is 38.2 Å². The first-order chi connectivity index (χ1) is 33.5. The average molecular weight is 751 g/mol. The van der Waals surface area contributed by atoms with Crippen LogP contribution in [0.5, 0.6) is 0 Å². The number of fused-ring (bicyclic) bond motifs is 3. The second-order valence-electron chi connectivity index (χ2n) is 13.0. The standard InChI is InChI=1S/C52H40N4O/c53-32-42-23-27-51-47(31-42)45-12-7-13-46(52(45)57-51)50-26-22-38(35-56-50)16-19-41-29-39(17-14-36-20-24-48(54-33-36)43-8-3-1-4-9-43)28-40(30-41)18-15-37-21-25-49(55-34-37)44-10-5-2-6-11-44/h1-13,20-31,33-35H,14-19H2/i14D2,15D2,16D2,17D2,18D2,19D2,23D,31D. The van der Waals surface area contributed by atoms with Crippen molar-refractivity contribution in [1.29, 1.82) is 5.26 Å². The number of rotatable bonds is 12. The molecule has 0 bridgehead atoms. The van der Waals surface area contributed by atoms with Crippen LogP contribution < -0.4 is 0 Å². The second kappa shape index (κ2) is 16.3. The zero-order chi connectivity index (χ0) is 50.9. The highest BCUT2D eigenvalue weighted by molar-refractivity contribution is 6.09. The van der Waals surface area contributed by atoms with E-state index < -0.39 is 54.9 Å². The van der Waals surface area contributed by atoms with Crippen LogP contribution in [0.3, 0.4) is 0 Å². The predicted octanol–water partition coefficient (Wildman–Crippen LogP) is 12.0. The number of aryl methyl sites for hydroxylation is 6. The molecule has 0 amide bonds. The average Bonchev–Trinajstić information content (AvgIpc) is 3.75. The maximum absolute atomic E-state index is 9.59. The number of pyridine rings is 3. The highest BCUT2D eigenvalue weighted by atomic mass is 16.3. The van der Waals surface area contributed by atoms with Gasteiger partial charge in [0, 0.05) is 62.5 Å². The van der Waals surface area contributed by atoms with Gasteiger partial charge >= 0.3 is 0 Å². The molecule has 0 saturated heterocycles. The van der Waals surface area contributed by atoms with E-state index in [2.05, 4.69) is 15.0 Å². The number of nitrogens with zero attached hydrogens (tertiary/aromatic N) is 4. The van der Waals surface area contributed by atoms with E-state index >= 15 is 0 Å². The topological polar surface area (TPSA) is 75.6 Å². The SMILES string of the molecule is [2H]c1cc2oc3c(-c4ccc(C([2H])([2H])C([2H])([2H])c5cc(C([2H])([2H])C([2H])([2H])c6ccc(-c7ccccc7)nc6)cc(C([2H])([2H])C([2H])([2H])c6ccc(-c7ccccc7)nc6)c5)cn4)cccc3c2c([2H])c1C#N. The summed E-state index contributed by atoms with van der Waals surface area (Å²) in [5, 5.41) is 10.4. The minimum absolute atomic E-state index is 0.121. The van der Waals surface area contributed by atoms with Crippen molar-refractivity contribution in [1.82, 2.24) is 15.0 Å². The fraction of sp³-hybridized carbons (Fsp3) is 0.115. The molecule has 0 unspecified atom stereocenters. The first-order valence-electron chi connectivity index (χ1n) is 25.1. The van der Waals surface area contributed by atoms with Gasteiger partial charge in [-0.05, 0) is 114 Å². The fourth-order valence-electron chi connectivity index (χ4n) is 6.33. The molecule has 274 valence electrons. The summed E-state index contributed by atoms with van der Waals surface area (Å²) < 4.78 is 135. The Hall–Kier alpha value is -7.16. The Bertz CT molecular complexity index is 3380. The Balaban J connectivity index is 1.13. The van der Waals surface area contributed by atoms with E-state index in [1.54, 1.807) is 66.7 Å². The van der Waals surface area contributed by atoms with E-state index in [0.29, 0.717) is 27.7 Å². The molecule has 4 heterocycles. The Labute approximate surface area is 352 Å². The Kier molecular flexibility index (Phi) is 6.58. The summed E-state index contributed by atoms with van der Waals surface area (Å²) in [7, 11) is 0. The minimum atomic E-state index is -3.15. The van der Waals surface area contributed by atoms with Crippen LogP contribution >= 0.6 is 0 Å². The summed E-state index contributed by atoms with van der Waals surface area (Å²) in [6.07, 6.45) is -14.7. The lowest BCUT2D eigenvalue weighted by Gasteiger charge is -2.12. The number of hydrogen-bond donors (Lipinski definition) is 0. The van der Waals surface area contributed by atoms with Gasteiger partial charge in [-0.2, -0.15) is 5.26 Å². The monoisotopic (exact) mass is 750 g/mol. The van der Waals surface area contributed by atoms with Gasteiger partial charge in [-0.25, -0.2) is 0 Å². The molecule has 5 heteroatoms. The summed E-state index contributed by atoms with van der Waals surface area (Å²) in [4.78, 5) is 13.3. The third-order valence-corrected chi connectivity index (χ3v) is 9.14. The highest BCUT2D eigenvalue weighted by Crippen LogP contribution is 2.35. The second-order valence-corrected chi connectivity index (χ2v) is 13.0. The van der Waals surface area contributed by atoms with Crippen molar-refractivity contribution in [3.63, 3.8) is 0 Å². The van der Waals surface area contributed by atoms with Gasteiger partial charge in [-0.1, -0.05) is 109 Å². The zero-order valence-electron chi connectivity index (χ0n) is 44.2. The lowest BCUT2D eigenvalue weighted by molar-refractivity contribution is 0.670. The van der Waals surface area contributed by atoms with Crippen molar-refractivity contribution in [3.8, 4) is 39.8 Å². The van der Waals surface area contributed by atoms with Crippen molar-refractivity contribution < 1.29 is 23.6 Å². The van der Waals surface area contributed by atoms with Crippen LogP contribution in [0.2, 0.25) is 0 Å². The molecule has 0 N–H and O–H groups in total. The van der Waals surface area contributed by atoms with Gasteiger partial charge in [0.05, 0.1) is 31.5 Å². The third-order valence-electron chi connectivity index (χ3n) is 9.14. The fourth-order valence-corrected chi connectivity index (χ4v) is 6.33. The van der Waals surface area contributed by atoms with Crippen LogP contribution in [0, 0.1) is 11.3 Å². The lowest BCUT2D eigenvalue weighted by atomic mass is 9.94. The summed E-state index contributed by atoms with van der Waals surface area (Å²) in [5.41, 5.74) is 0.989. The van der Waals surface area contributed by atoms with E-state index in [9.17, 15) is 21.7 Å². The van der Waals surface area contributed by atoms with E-state index in [1.807, 2.05) is 18.2 Å². The molecule has 5 nitrogen and oxygen atoms in total. The van der Waals surface area contributed by atoms with E-state index in [-0.39, 0.29) is 51.2 Å².